The zero-order valence-electron chi connectivity index (χ0n) is 14.2. The SMILES string of the molecule is CCC(Cc1ccc(OC)c(OCCc2ccccc2)c1)N=C=O. The molecule has 0 aliphatic rings. The van der Waals surface area contributed by atoms with Crippen molar-refractivity contribution in [3.63, 3.8) is 0 Å². The number of aliphatic imine (C=N–C) groups is 1. The molecule has 0 heterocycles. The van der Waals surface area contributed by atoms with Gasteiger partial charge in [0.05, 0.1) is 19.8 Å². The van der Waals surface area contributed by atoms with Gasteiger partial charge in [0.15, 0.2) is 11.5 Å². The molecule has 0 saturated heterocycles. The van der Waals surface area contributed by atoms with E-state index in [9.17, 15) is 4.79 Å². The van der Waals surface area contributed by atoms with E-state index < -0.39 is 0 Å². The average Bonchev–Trinajstić information content (AvgIpc) is 2.62. The summed E-state index contributed by atoms with van der Waals surface area (Å²) in [6, 6.07) is 16.0. The van der Waals surface area contributed by atoms with Crippen molar-refractivity contribution >= 4 is 6.08 Å². The summed E-state index contributed by atoms with van der Waals surface area (Å²) in [7, 11) is 1.63. The van der Waals surface area contributed by atoms with Gasteiger partial charge >= 0.3 is 0 Å². The summed E-state index contributed by atoms with van der Waals surface area (Å²) >= 11 is 0. The summed E-state index contributed by atoms with van der Waals surface area (Å²) in [5, 5.41) is 0. The van der Waals surface area contributed by atoms with Crippen molar-refractivity contribution in [1.29, 1.82) is 0 Å². The van der Waals surface area contributed by atoms with Gasteiger partial charge in [-0.1, -0.05) is 43.3 Å². The van der Waals surface area contributed by atoms with Gasteiger partial charge in [0, 0.05) is 6.42 Å². The first kappa shape index (κ1) is 17.8. The largest absolute Gasteiger partial charge is 0.493 e. The molecule has 0 aromatic heterocycles. The predicted octanol–water partition coefficient (Wildman–Crippen LogP) is 3.97. The molecule has 0 amide bonds. The highest BCUT2D eigenvalue weighted by Gasteiger charge is 2.10. The Morgan fingerprint density at radius 3 is 2.54 bits per heavy atom. The predicted molar refractivity (Wildman–Crippen MR) is 94.5 cm³/mol. The number of methoxy groups -OCH3 is 1. The molecule has 1 atom stereocenters. The molecule has 24 heavy (non-hydrogen) atoms. The second-order valence-electron chi connectivity index (χ2n) is 5.56. The number of carbonyl (C=O) groups excluding carboxylic acids is 1. The minimum Gasteiger partial charge on any atom is -0.493 e. The van der Waals surface area contributed by atoms with E-state index in [-0.39, 0.29) is 6.04 Å². The van der Waals surface area contributed by atoms with E-state index in [4.69, 9.17) is 9.47 Å². The maximum atomic E-state index is 10.5. The maximum Gasteiger partial charge on any atom is 0.235 e. The lowest BCUT2D eigenvalue weighted by atomic mass is 10.0. The summed E-state index contributed by atoms with van der Waals surface area (Å²) in [5.74, 6) is 1.43. The van der Waals surface area contributed by atoms with Crippen molar-refractivity contribution < 1.29 is 14.3 Å². The molecule has 0 aliphatic carbocycles. The number of benzene rings is 2. The van der Waals surface area contributed by atoms with E-state index in [1.54, 1.807) is 13.2 Å². The Labute approximate surface area is 143 Å². The Kier molecular flexibility index (Phi) is 7.06. The Morgan fingerprint density at radius 2 is 1.88 bits per heavy atom. The van der Waals surface area contributed by atoms with Crippen LogP contribution in [0.5, 0.6) is 11.5 Å². The molecule has 4 nitrogen and oxygen atoms in total. The molecule has 4 heteroatoms. The highest BCUT2D eigenvalue weighted by atomic mass is 16.5. The number of hydrogen-bond acceptors (Lipinski definition) is 4. The molecule has 0 saturated carbocycles. The molecule has 0 N–H and O–H groups in total. The van der Waals surface area contributed by atoms with Crippen molar-refractivity contribution in [2.45, 2.75) is 32.2 Å². The first-order valence-electron chi connectivity index (χ1n) is 8.17. The van der Waals surface area contributed by atoms with E-state index in [1.165, 1.54) is 5.56 Å². The van der Waals surface area contributed by atoms with Crippen LogP contribution in [0.25, 0.3) is 0 Å². The fourth-order valence-corrected chi connectivity index (χ4v) is 2.51. The number of rotatable bonds is 9. The lowest BCUT2D eigenvalue weighted by Gasteiger charge is -2.14. The van der Waals surface area contributed by atoms with Gasteiger partial charge in [-0.15, -0.1) is 0 Å². The van der Waals surface area contributed by atoms with Gasteiger partial charge in [0.2, 0.25) is 6.08 Å². The number of hydrogen-bond donors (Lipinski definition) is 0. The van der Waals surface area contributed by atoms with Gasteiger partial charge in [-0.3, -0.25) is 0 Å². The van der Waals surface area contributed by atoms with Crippen LogP contribution in [0.2, 0.25) is 0 Å². The van der Waals surface area contributed by atoms with E-state index in [2.05, 4.69) is 17.1 Å². The van der Waals surface area contributed by atoms with E-state index >= 15 is 0 Å². The minimum absolute atomic E-state index is 0.0481. The van der Waals surface area contributed by atoms with Crippen molar-refractivity contribution in [3.05, 3.63) is 59.7 Å². The second-order valence-corrected chi connectivity index (χ2v) is 5.56. The van der Waals surface area contributed by atoms with Crippen LogP contribution in [0, 0.1) is 0 Å². The first-order chi connectivity index (χ1) is 11.8. The molecule has 0 spiro atoms. The maximum absolute atomic E-state index is 10.5. The number of ether oxygens (including phenoxy) is 2. The third kappa shape index (κ3) is 5.25. The summed E-state index contributed by atoms with van der Waals surface area (Å²) in [6.07, 6.45) is 3.96. The zero-order chi connectivity index (χ0) is 17.2. The molecule has 0 bridgehead atoms. The molecule has 2 rings (SSSR count). The molecule has 0 fully saturated rings. The Morgan fingerprint density at radius 1 is 1.08 bits per heavy atom. The van der Waals surface area contributed by atoms with Crippen LogP contribution in [0.1, 0.15) is 24.5 Å². The van der Waals surface area contributed by atoms with Gasteiger partial charge < -0.3 is 9.47 Å². The quantitative estimate of drug-likeness (QED) is 0.518. The molecule has 1 unspecified atom stereocenters. The lowest BCUT2D eigenvalue weighted by molar-refractivity contribution is 0.297. The van der Waals surface area contributed by atoms with Gasteiger partial charge in [-0.25, -0.2) is 9.79 Å². The van der Waals surface area contributed by atoms with Crippen LogP contribution in [-0.2, 0) is 17.6 Å². The van der Waals surface area contributed by atoms with Crippen LogP contribution in [0.15, 0.2) is 53.5 Å². The van der Waals surface area contributed by atoms with Crippen LogP contribution in [0.4, 0.5) is 0 Å². The summed E-state index contributed by atoms with van der Waals surface area (Å²) < 4.78 is 11.3. The summed E-state index contributed by atoms with van der Waals surface area (Å²) in [6.45, 7) is 2.58. The zero-order valence-corrected chi connectivity index (χ0v) is 14.2. The smallest absolute Gasteiger partial charge is 0.235 e. The van der Waals surface area contributed by atoms with Crippen LogP contribution < -0.4 is 9.47 Å². The van der Waals surface area contributed by atoms with Crippen LogP contribution in [0.3, 0.4) is 0 Å². The normalized spacial score (nSPS) is 11.4. The molecule has 2 aromatic rings. The van der Waals surface area contributed by atoms with Crippen LogP contribution >= 0.6 is 0 Å². The fourth-order valence-electron chi connectivity index (χ4n) is 2.51. The van der Waals surface area contributed by atoms with Gasteiger partial charge in [-0.2, -0.15) is 0 Å². The standard InChI is InChI=1S/C20H23NO3/c1-3-18(21-15-22)13-17-9-10-19(23-2)20(14-17)24-12-11-16-7-5-4-6-8-16/h4-10,14,18H,3,11-13H2,1-2H3. The molecule has 0 aliphatic heterocycles. The number of isocyanates is 1. The third-order valence-electron chi connectivity index (χ3n) is 3.90. The van der Waals surface area contributed by atoms with Gasteiger partial charge in [0.1, 0.15) is 0 Å². The van der Waals surface area contributed by atoms with Crippen LogP contribution in [-0.4, -0.2) is 25.8 Å². The lowest BCUT2D eigenvalue weighted by Crippen LogP contribution is -2.08. The second kappa shape index (κ2) is 9.53. The van der Waals surface area contributed by atoms with Crippen molar-refractivity contribution in [2.24, 2.45) is 4.99 Å². The van der Waals surface area contributed by atoms with E-state index in [0.29, 0.717) is 18.8 Å². The van der Waals surface area contributed by atoms with Crippen molar-refractivity contribution in [1.82, 2.24) is 0 Å². The third-order valence-corrected chi connectivity index (χ3v) is 3.90. The van der Waals surface area contributed by atoms with Gasteiger partial charge in [0.25, 0.3) is 0 Å². The Bertz CT molecular complexity index is 679. The Balaban J connectivity index is 2.03. The number of nitrogens with zero attached hydrogens (tertiary/aromatic N) is 1. The summed E-state index contributed by atoms with van der Waals surface area (Å²) in [5.41, 5.74) is 2.30. The van der Waals surface area contributed by atoms with Crippen molar-refractivity contribution in [2.75, 3.05) is 13.7 Å². The highest BCUT2D eigenvalue weighted by molar-refractivity contribution is 5.43. The average molecular weight is 325 g/mol. The Hall–Kier alpha value is -2.58. The molecular formula is C20H23NO3. The topological polar surface area (TPSA) is 47.9 Å². The van der Waals surface area contributed by atoms with E-state index in [0.717, 1.165) is 24.2 Å². The molecule has 0 radical (unpaired) electrons. The highest BCUT2D eigenvalue weighted by Crippen LogP contribution is 2.29. The fraction of sp³-hybridized carbons (Fsp3) is 0.350. The molecular weight excluding hydrogens is 302 g/mol. The summed E-state index contributed by atoms with van der Waals surface area (Å²) in [4.78, 5) is 14.3. The minimum atomic E-state index is -0.0481. The molecule has 126 valence electrons. The van der Waals surface area contributed by atoms with Gasteiger partial charge in [-0.05, 0) is 36.1 Å². The monoisotopic (exact) mass is 325 g/mol. The van der Waals surface area contributed by atoms with Crippen molar-refractivity contribution in [3.8, 4) is 11.5 Å². The van der Waals surface area contributed by atoms with E-state index in [1.807, 2.05) is 43.3 Å². The first-order valence-corrected chi connectivity index (χ1v) is 8.17. The molecule has 2 aromatic carbocycles.